The van der Waals surface area contributed by atoms with Crippen LogP contribution < -0.4 is 5.32 Å². The zero-order chi connectivity index (χ0) is 21.6. The second kappa shape index (κ2) is 9.97. The van der Waals surface area contributed by atoms with Gasteiger partial charge in [-0.1, -0.05) is 58.4 Å². The molecule has 0 aromatic heterocycles. The van der Waals surface area contributed by atoms with Crippen molar-refractivity contribution in [3.05, 3.63) is 100 Å². The molecule has 5 nitrogen and oxygen atoms in total. The van der Waals surface area contributed by atoms with E-state index in [2.05, 4.69) is 21.2 Å². The molecule has 30 heavy (non-hydrogen) atoms. The molecule has 0 aliphatic rings. The second-order valence-corrected chi connectivity index (χ2v) is 9.47. The quantitative estimate of drug-likeness (QED) is 0.516. The largest absolute Gasteiger partial charge is 0.351 e. The Balaban J connectivity index is 1.77. The van der Waals surface area contributed by atoms with Crippen molar-refractivity contribution >= 4 is 31.9 Å². The lowest BCUT2D eigenvalue weighted by Gasteiger charge is -2.22. The van der Waals surface area contributed by atoms with Crippen LogP contribution in [0.2, 0.25) is 0 Å². The Hall–Kier alpha value is -2.55. The number of hydrogen-bond acceptors (Lipinski definition) is 3. The third-order valence-corrected chi connectivity index (χ3v) is 6.71. The summed E-state index contributed by atoms with van der Waals surface area (Å²) in [5.74, 6) is -0.810. The number of carbonyl (C=O) groups excluding carboxylic acids is 1. The Morgan fingerprint density at radius 1 is 0.900 bits per heavy atom. The normalized spacial score (nSPS) is 11.4. The summed E-state index contributed by atoms with van der Waals surface area (Å²) in [6, 6.07) is 21.0. The molecule has 0 saturated heterocycles. The Kier molecular flexibility index (Phi) is 7.36. The minimum Gasteiger partial charge on any atom is -0.351 e. The molecular formula is C22H20BrFN2O3S. The van der Waals surface area contributed by atoms with Gasteiger partial charge in [-0.3, -0.25) is 4.79 Å². The van der Waals surface area contributed by atoms with Crippen LogP contribution in [0.4, 0.5) is 4.39 Å². The standard InChI is InChI=1S/C22H20BrFN2O3S/c23-19-10-6-18(7-11-19)15-26(30(28,29)21-4-2-1-3-5-21)16-22(27)25-14-17-8-12-20(24)13-9-17/h1-13H,14-16H2,(H,25,27). The zero-order valence-corrected chi connectivity index (χ0v) is 18.4. The first-order chi connectivity index (χ1) is 14.3. The summed E-state index contributed by atoms with van der Waals surface area (Å²) in [6.45, 7) is -0.112. The molecule has 0 unspecified atom stereocenters. The van der Waals surface area contributed by atoms with Crippen molar-refractivity contribution in [1.82, 2.24) is 9.62 Å². The molecule has 3 aromatic carbocycles. The van der Waals surface area contributed by atoms with Crippen LogP contribution in [0.1, 0.15) is 11.1 Å². The third-order valence-electron chi connectivity index (χ3n) is 4.38. The summed E-state index contributed by atoms with van der Waals surface area (Å²) in [4.78, 5) is 12.6. The molecule has 0 heterocycles. The molecule has 0 fully saturated rings. The Bertz CT molecular complexity index is 1090. The molecule has 0 aliphatic heterocycles. The highest BCUT2D eigenvalue weighted by Gasteiger charge is 2.26. The Morgan fingerprint density at radius 2 is 1.50 bits per heavy atom. The molecule has 0 saturated carbocycles. The molecule has 156 valence electrons. The van der Waals surface area contributed by atoms with Gasteiger partial charge in [0.05, 0.1) is 11.4 Å². The van der Waals surface area contributed by atoms with Crippen molar-refractivity contribution in [3.63, 3.8) is 0 Å². The summed E-state index contributed by atoms with van der Waals surface area (Å²) >= 11 is 3.36. The van der Waals surface area contributed by atoms with E-state index in [-0.39, 0.29) is 30.3 Å². The summed E-state index contributed by atoms with van der Waals surface area (Å²) in [7, 11) is -3.88. The van der Waals surface area contributed by atoms with Crippen molar-refractivity contribution in [1.29, 1.82) is 0 Å². The maximum absolute atomic E-state index is 13.1. The van der Waals surface area contributed by atoms with Crippen molar-refractivity contribution in [2.24, 2.45) is 0 Å². The van der Waals surface area contributed by atoms with Gasteiger partial charge in [-0.2, -0.15) is 4.31 Å². The zero-order valence-electron chi connectivity index (χ0n) is 16.0. The lowest BCUT2D eigenvalue weighted by Crippen LogP contribution is -2.40. The fourth-order valence-electron chi connectivity index (χ4n) is 2.78. The van der Waals surface area contributed by atoms with Gasteiger partial charge >= 0.3 is 0 Å². The first kappa shape index (κ1) is 22.1. The van der Waals surface area contributed by atoms with Crippen LogP contribution in [-0.4, -0.2) is 25.2 Å². The van der Waals surface area contributed by atoms with Gasteiger partial charge in [0.25, 0.3) is 0 Å². The summed E-state index contributed by atoms with van der Waals surface area (Å²) in [5.41, 5.74) is 1.47. The van der Waals surface area contributed by atoms with E-state index in [4.69, 9.17) is 0 Å². The van der Waals surface area contributed by atoms with E-state index in [1.54, 1.807) is 42.5 Å². The fourth-order valence-corrected chi connectivity index (χ4v) is 4.45. The number of nitrogens with one attached hydrogen (secondary N) is 1. The fraction of sp³-hybridized carbons (Fsp3) is 0.136. The molecule has 3 aromatic rings. The predicted octanol–water partition coefficient (Wildman–Crippen LogP) is 4.10. The molecule has 0 bridgehead atoms. The van der Waals surface area contributed by atoms with Crippen LogP contribution in [0.15, 0.2) is 88.2 Å². The summed E-state index contributed by atoms with van der Waals surface area (Å²) in [5, 5.41) is 2.69. The summed E-state index contributed by atoms with van der Waals surface area (Å²) in [6.07, 6.45) is 0. The Labute approximate surface area is 183 Å². The van der Waals surface area contributed by atoms with Crippen molar-refractivity contribution < 1.29 is 17.6 Å². The highest BCUT2D eigenvalue weighted by Crippen LogP contribution is 2.19. The van der Waals surface area contributed by atoms with Gasteiger partial charge in [0.15, 0.2) is 0 Å². The van der Waals surface area contributed by atoms with Gasteiger partial charge < -0.3 is 5.32 Å². The topological polar surface area (TPSA) is 66.5 Å². The maximum Gasteiger partial charge on any atom is 0.243 e. The van der Waals surface area contributed by atoms with Gasteiger partial charge in [-0.05, 0) is 47.5 Å². The number of benzene rings is 3. The van der Waals surface area contributed by atoms with Crippen molar-refractivity contribution in [2.45, 2.75) is 18.0 Å². The number of rotatable bonds is 8. The molecule has 0 aliphatic carbocycles. The van der Waals surface area contributed by atoms with E-state index in [9.17, 15) is 17.6 Å². The minimum absolute atomic E-state index is 0.0501. The van der Waals surface area contributed by atoms with Gasteiger partial charge in [0.1, 0.15) is 5.82 Å². The number of amides is 1. The van der Waals surface area contributed by atoms with E-state index in [0.717, 1.165) is 19.9 Å². The third kappa shape index (κ3) is 5.98. The lowest BCUT2D eigenvalue weighted by atomic mass is 10.2. The second-order valence-electron chi connectivity index (χ2n) is 6.62. The molecular weight excluding hydrogens is 471 g/mol. The van der Waals surface area contributed by atoms with E-state index in [1.807, 2.05) is 12.1 Å². The predicted molar refractivity (Wildman–Crippen MR) is 116 cm³/mol. The minimum atomic E-state index is -3.88. The molecule has 1 N–H and O–H groups in total. The van der Waals surface area contributed by atoms with Gasteiger partial charge in [-0.15, -0.1) is 0 Å². The van der Waals surface area contributed by atoms with Crippen LogP contribution in [0.3, 0.4) is 0 Å². The van der Waals surface area contributed by atoms with Crippen molar-refractivity contribution in [2.75, 3.05) is 6.54 Å². The van der Waals surface area contributed by atoms with Gasteiger partial charge in [0.2, 0.25) is 15.9 Å². The van der Waals surface area contributed by atoms with E-state index < -0.39 is 15.9 Å². The number of halogens is 2. The molecule has 0 atom stereocenters. The molecule has 8 heteroatoms. The molecule has 0 radical (unpaired) electrons. The highest BCUT2D eigenvalue weighted by atomic mass is 79.9. The van der Waals surface area contributed by atoms with Gasteiger partial charge in [-0.25, -0.2) is 12.8 Å². The van der Waals surface area contributed by atoms with E-state index >= 15 is 0 Å². The summed E-state index contributed by atoms with van der Waals surface area (Å²) < 4.78 is 41.3. The van der Waals surface area contributed by atoms with Gasteiger partial charge in [0, 0.05) is 17.6 Å². The van der Waals surface area contributed by atoms with Crippen molar-refractivity contribution in [3.8, 4) is 0 Å². The Morgan fingerprint density at radius 3 is 2.13 bits per heavy atom. The highest BCUT2D eigenvalue weighted by molar-refractivity contribution is 9.10. The maximum atomic E-state index is 13.1. The number of carbonyl (C=O) groups is 1. The SMILES string of the molecule is O=C(CN(Cc1ccc(Br)cc1)S(=O)(=O)c1ccccc1)NCc1ccc(F)cc1. The van der Waals surface area contributed by atoms with E-state index in [1.165, 1.54) is 24.3 Å². The van der Waals surface area contributed by atoms with Crippen LogP contribution in [0.5, 0.6) is 0 Å². The number of nitrogens with zero attached hydrogens (tertiary/aromatic N) is 1. The first-order valence-electron chi connectivity index (χ1n) is 9.15. The number of sulfonamides is 1. The van der Waals surface area contributed by atoms with Crippen LogP contribution in [0.25, 0.3) is 0 Å². The smallest absolute Gasteiger partial charge is 0.243 e. The average Bonchev–Trinajstić information content (AvgIpc) is 2.75. The van der Waals surface area contributed by atoms with E-state index in [0.29, 0.717) is 0 Å². The first-order valence-corrected chi connectivity index (χ1v) is 11.4. The molecule has 3 rings (SSSR count). The molecule has 0 spiro atoms. The monoisotopic (exact) mass is 490 g/mol. The van der Waals surface area contributed by atoms with Crippen LogP contribution >= 0.6 is 15.9 Å². The molecule has 1 amide bonds. The van der Waals surface area contributed by atoms with Crippen LogP contribution in [0, 0.1) is 5.82 Å². The average molecular weight is 491 g/mol. The van der Waals surface area contributed by atoms with Crippen LogP contribution in [-0.2, 0) is 27.9 Å². The number of hydrogen-bond donors (Lipinski definition) is 1. The lowest BCUT2D eigenvalue weighted by molar-refractivity contribution is -0.121.